The van der Waals surface area contributed by atoms with Crippen LogP contribution in [0, 0.1) is 5.41 Å². The summed E-state index contributed by atoms with van der Waals surface area (Å²) in [5.41, 5.74) is 1.70. The lowest BCUT2D eigenvalue weighted by Crippen LogP contribution is -2.67. The molecule has 2 aliphatic rings. The topological polar surface area (TPSA) is 97.0 Å². The lowest BCUT2D eigenvalue weighted by Gasteiger charge is -2.58. The number of rotatable bonds is 7. The molecule has 10 heteroatoms. The highest BCUT2D eigenvalue weighted by Gasteiger charge is 2.54. The van der Waals surface area contributed by atoms with Crippen LogP contribution in [0.4, 0.5) is 10.5 Å². The lowest BCUT2D eigenvalue weighted by molar-refractivity contribution is -0.105. The van der Waals surface area contributed by atoms with Gasteiger partial charge in [0.1, 0.15) is 12.4 Å². The van der Waals surface area contributed by atoms with Crippen LogP contribution in [-0.4, -0.2) is 49.6 Å². The van der Waals surface area contributed by atoms with Crippen molar-refractivity contribution in [2.75, 3.05) is 25.5 Å². The first-order valence-electron chi connectivity index (χ1n) is 10.4. The molecule has 3 amide bonds. The normalized spacial score (nSPS) is 16.4. The SMILES string of the molecule is COc1cc(C(=O)NC2CC3(C2)CN(C(=O)OCc2cc(Cl)cc(Cl)c2)C3)ccc1NC=O. The van der Waals surface area contributed by atoms with Crippen LogP contribution in [0.15, 0.2) is 36.4 Å². The molecule has 2 fully saturated rings. The molecule has 1 aliphatic heterocycles. The Morgan fingerprint density at radius 2 is 1.85 bits per heavy atom. The van der Waals surface area contributed by atoms with Crippen LogP contribution in [0.3, 0.4) is 0 Å². The van der Waals surface area contributed by atoms with Crippen molar-refractivity contribution in [2.24, 2.45) is 5.41 Å². The highest BCUT2D eigenvalue weighted by molar-refractivity contribution is 6.34. The van der Waals surface area contributed by atoms with E-state index in [1.54, 1.807) is 41.3 Å². The van der Waals surface area contributed by atoms with Gasteiger partial charge in [-0.2, -0.15) is 0 Å². The van der Waals surface area contributed by atoms with Gasteiger partial charge < -0.3 is 25.0 Å². The van der Waals surface area contributed by atoms with Gasteiger partial charge in [-0.05, 0) is 54.8 Å². The molecule has 1 aliphatic carbocycles. The Morgan fingerprint density at radius 3 is 2.48 bits per heavy atom. The minimum absolute atomic E-state index is 0.0335. The van der Waals surface area contributed by atoms with Crippen molar-refractivity contribution >= 4 is 47.3 Å². The molecule has 0 aromatic heterocycles. The quantitative estimate of drug-likeness (QED) is 0.568. The van der Waals surface area contributed by atoms with Crippen molar-refractivity contribution in [3.05, 3.63) is 57.6 Å². The van der Waals surface area contributed by atoms with Crippen molar-refractivity contribution in [3.63, 3.8) is 0 Å². The molecule has 0 atom stereocenters. The van der Waals surface area contributed by atoms with Crippen LogP contribution in [-0.2, 0) is 16.1 Å². The van der Waals surface area contributed by atoms with E-state index in [1.165, 1.54) is 7.11 Å². The molecule has 2 aromatic rings. The van der Waals surface area contributed by atoms with Gasteiger partial charge in [0.2, 0.25) is 6.41 Å². The molecule has 2 N–H and O–H groups in total. The summed E-state index contributed by atoms with van der Waals surface area (Å²) < 4.78 is 10.6. The molecular weight excluding hydrogens is 469 g/mol. The van der Waals surface area contributed by atoms with Gasteiger partial charge in [0.15, 0.2) is 0 Å². The van der Waals surface area contributed by atoms with Gasteiger partial charge in [0.25, 0.3) is 5.91 Å². The van der Waals surface area contributed by atoms with E-state index in [9.17, 15) is 14.4 Å². The predicted octanol–water partition coefficient (Wildman–Crippen LogP) is 4.10. The smallest absolute Gasteiger partial charge is 0.410 e. The fraction of sp³-hybridized carbons (Fsp3) is 0.348. The first-order valence-corrected chi connectivity index (χ1v) is 11.1. The summed E-state index contributed by atoms with van der Waals surface area (Å²) >= 11 is 11.9. The van der Waals surface area contributed by atoms with Gasteiger partial charge in [-0.3, -0.25) is 9.59 Å². The standard InChI is InChI=1S/C23H23Cl2N3O5/c1-32-20-6-15(2-3-19(20)26-13-29)21(30)27-18-8-23(9-18)11-28(12-23)22(31)33-10-14-4-16(24)7-17(25)5-14/h2-7,13,18H,8-12H2,1H3,(H,26,29)(H,27,30). The average molecular weight is 492 g/mol. The number of ether oxygens (including phenoxy) is 2. The van der Waals surface area contributed by atoms with E-state index >= 15 is 0 Å². The second kappa shape index (κ2) is 9.49. The molecule has 1 heterocycles. The van der Waals surface area contributed by atoms with Crippen molar-refractivity contribution in [1.29, 1.82) is 0 Å². The number of halogens is 2. The van der Waals surface area contributed by atoms with Crippen LogP contribution in [0.2, 0.25) is 10.0 Å². The number of amides is 3. The number of anilines is 1. The zero-order valence-electron chi connectivity index (χ0n) is 17.9. The molecule has 0 unspecified atom stereocenters. The van der Waals surface area contributed by atoms with Crippen molar-refractivity contribution in [3.8, 4) is 5.75 Å². The molecule has 1 saturated heterocycles. The number of methoxy groups -OCH3 is 1. The summed E-state index contributed by atoms with van der Waals surface area (Å²) in [7, 11) is 1.47. The summed E-state index contributed by atoms with van der Waals surface area (Å²) in [5, 5.41) is 6.53. The van der Waals surface area contributed by atoms with Gasteiger partial charge in [-0.1, -0.05) is 23.2 Å². The molecule has 0 bridgehead atoms. The number of benzene rings is 2. The number of likely N-dealkylation sites (tertiary alicyclic amines) is 1. The van der Waals surface area contributed by atoms with Gasteiger partial charge >= 0.3 is 6.09 Å². The minimum Gasteiger partial charge on any atom is -0.495 e. The van der Waals surface area contributed by atoms with Gasteiger partial charge in [0.05, 0.1) is 12.8 Å². The van der Waals surface area contributed by atoms with E-state index in [2.05, 4.69) is 10.6 Å². The zero-order valence-corrected chi connectivity index (χ0v) is 19.4. The van der Waals surface area contributed by atoms with Gasteiger partial charge in [-0.25, -0.2) is 4.79 Å². The maximum atomic E-state index is 12.6. The molecule has 2 aromatic carbocycles. The second-order valence-corrected chi connectivity index (χ2v) is 9.32. The Balaban J connectivity index is 1.22. The third-order valence-corrected chi connectivity index (χ3v) is 6.40. The van der Waals surface area contributed by atoms with E-state index in [1.807, 2.05) is 0 Å². The number of carbonyl (C=O) groups is 3. The predicted molar refractivity (Wildman–Crippen MR) is 124 cm³/mol. The van der Waals surface area contributed by atoms with Gasteiger partial charge in [0, 0.05) is 40.2 Å². The molecule has 8 nitrogen and oxygen atoms in total. The monoisotopic (exact) mass is 491 g/mol. The van der Waals surface area contributed by atoms with E-state index in [0.29, 0.717) is 46.5 Å². The molecule has 4 rings (SSSR count). The fourth-order valence-corrected chi connectivity index (χ4v) is 5.02. The Labute approximate surface area is 201 Å². The molecule has 33 heavy (non-hydrogen) atoms. The fourth-order valence-electron chi connectivity index (χ4n) is 4.45. The Kier molecular flexibility index (Phi) is 6.67. The first-order chi connectivity index (χ1) is 15.8. The summed E-state index contributed by atoms with van der Waals surface area (Å²) in [4.78, 5) is 37.2. The number of hydrogen-bond donors (Lipinski definition) is 2. The molecular formula is C23H23Cl2N3O5. The molecule has 174 valence electrons. The van der Waals surface area contributed by atoms with Crippen LogP contribution in [0.25, 0.3) is 0 Å². The van der Waals surface area contributed by atoms with E-state index in [0.717, 1.165) is 18.4 Å². The second-order valence-electron chi connectivity index (χ2n) is 8.44. The van der Waals surface area contributed by atoms with Crippen LogP contribution >= 0.6 is 23.2 Å². The van der Waals surface area contributed by atoms with E-state index < -0.39 is 0 Å². The zero-order chi connectivity index (χ0) is 23.6. The Bertz CT molecular complexity index is 1060. The maximum absolute atomic E-state index is 12.6. The van der Waals surface area contributed by atoms with Crippen molar-refractivity contribution in [2.45, 2.75) is 25.5 Å². The average Bonchev–Trinajstić information content (AvgIpc) is 2.72. The number of carbonyl (C=O) groups excluding carboxylic acids is 3. The Morgan fingerprint density at radius 1 is 1.15 bits per heavy atom. The number of nitrogens with one attached hydrogen (secondary N) is 2. The maximum Gasteiger partial charge on any atom is 0.410 e. The molecule has 1 spiro atoms. The summed E-state index contributed by atoms with van der Waals surface area (Å²) in [6, 6.07) is 9.92. The summed E-state index contributed by atoms with van der Waals surface area (Å²) in [5.74, 6) is 0.203. The van der Waals surface area contributed by atoms with E-state index in [-0.39, 0.29) is 30.1 Å². The lowest BCUT2D eigenvalue weighted by atomic mass is 9.61. The highest BCUT2D eigenvalue weighted by atomic mass is 35.5. The summed E-state index contributed by atoms with van der Waals surface area (Å²) in [6.45, 7) is 1.31. The molecule has 0 radical (unpaired) electrons. The minimum atomic E-state index is -0.375. The van der Waals surface area contributed by atoms with Gasteiger partial charge in [-0.15, -0.1) is 0 Å². The third kappa shape index (κ3) is 5.17. The third-order valence-electron chi connectivity index (χ3n) is 5.97. The largest absolute Gasteiger partial charge is 0.495 e. The number of hydrogen-bond acceptors (Lipinski definition) is 5. The van der Waals surface area contributed by atoms with E-state index in [4.69, 9.17) is 32.7 Å². The van der Waals surface area contributed by atoms with Crippen molar-refractivity contribution < 1.29 is 23.9 Å². The van der Waals surface area contributed by atoms with Crippen LogP contribution < -0.4 is 15.4 Å². The first kappa shape index (κ1) is 23.2. The van der Waals surface area contributed by atoms with Crippen LogP contribution in [0.1, 0.15) is 28.8 Å². The molecule has 1 saturated carbocycles. The Hall–Kier alpha value is -2.97. The highest BCUT2D eigenvalue weighted by Crippen LogP contribution is 2.48. The van der Waals surface area contributed by atoms with Crippen molar-refractivity contribution in [1.82, 2.24) is 10.2 Å². The number of nitrogens with zero attached hydrogens (tertiary/aromatic N) is 1. The van der Waals surface area contributed by atoms with Crippen LogP contribution in [0.5, 0.6) is 5.75 Å². The summed E-state index contributed by atoms with van der Waals surface area (Å²) in [6.07, 6.45) is 1.78.